The fraction of sp³-hybridized carbons (Fsp3) is 0.818. The molecule has 0 aliphatic heterocycles. The van der Waals surface area contributed by atoms with Gasteiger partial charge in [-0.1, -0.05) is 51.5 Å². The van der Waals surface area contributed by atoms with E-state index in [0.717, 1.165) is 0 Å². The Morgan fingerprint density at radius 1 is 0.917 bits per heavy atom. The highest BCUT2D eigenvalue weighted by Crippen LogP contribution is 2.08. The maximum atomic E-state index is 3.32. The fourth-order valence-electron chi connectivity index (χ4n) is 1.30. The van der Waals surface area contributed by atoms with Gasteiger partial charge in [-0.25, -0.2) is 0 Å². The summed E-state index contributed by atoms with van der Waals surface area (Å²) in [5.41, 5.74) is 1.96. The van der Waals surface area contributed by atoms with Crippen molar-refractivity contribution in [3.05, 3.63) is 11.8 Å². The summed E-state index contributed by atoms with van der Waals surface area (Å²) in [5, 5.41) is 0. The van der Waals surface area contributed by atoms with Crippen molar-refractivity contribution >= 4 is 10.2 Å². The van der Waals surface area contributed by atoms with E-state index in [1.165, 1.54) is 51.4 Å². The smallest absolute Gasteiger partial charge is 0.0596 e. The van der Waals surface area contributed by atoms with Crippen molar-refractivity contribution in [1.29, 1.82) is 0 Å². The van der Waals surface area contributed by atoms with Crippen molar-refractivity contribution in [3.8, 4) is 0 Å². The van der Waals surface area contributed by atoms with Gasteiger partial charge in [0.1, 0.15) is 0 Å². The van der Waals surface area contributed by atoms with Crippen molar-refractivity contribution in [2.45, 2.75) is 58.3 Å². The van der Waals surface area contributed by atoms with Gasteiger partial charge in [0.05, 0.1) is 10.2 Å². The van der Waals surface area contributed by atoms with Gasteiger partial charge >= 0.3 is 0 Å². The third-order valence-electron chi connectivity index (χ3n) is 2.09. The molecule has 0 spiro atoms. The van der Waals surface area contributed by atoms with Crippen LogP contribution in [0.4, 0.5) is 0 Å². The third kappa shape index (κ3) is 9.96. The Morgan fingerprint density at radius 2 is 1.50 bits per heavy atom. The number of allylic oxidation sites excluding steroid dienone is 1. The molecule has 0 N–H and O–H groups in total. The molecule has 0 amide bonds. The standard InChI is InChI=1S/C11H21Si/c1-2-3-4-5-6-7-8-9-10-11-12/h10-11H,2-9H2,1H3. The van der Waals surface area contributed by atoms with Gasteiger partial charge in [-0.3, -0.25) is 0 Å². The molecule has 0 heterocycles. The molecule has 0 bridgehead atoms. The van der Waals surface area contributed by atoms with Gasteiger partial charge in [0, 0.05) is 0 Å². The summed E-state index contributed by atoms with van der Waals surface area (Å²) in [4.78, 5) is 0. The van der Waals surface area contributed by atoms with Crippen LogP contribution in [0.15, 0.2) is 11.8 Å². The van der Waals surface area contributed by atoms with Crippen LogP contribution in [0.1, 0.15) is 58.3 Å². The normalized spacial score (nSPS) is 11.2. The average Bonchev–Trinajstić information content (AvgIpc) is 2.10. The van der Waals surface area contributed by atoms with Gasteiger partial charge < -0.3 is 0 Å². The zero-order chi connectivity index (χ0) is 9.07. The highest BCUT2D eigenvalue weighted by Gasteiger charge is 1.88. The summed E-state index contributed by atoms with van der Waals surface area (Å²) in [7, 11) is 3.32. The molecule has 0 unspecified atom stereocenters. The quantitative estimate of drug-likeness (QED) is 0.394. The molecule has 0 nitrogen and oxygen atoms in total. The van der Waals surface area contributed by atoms with E-state index in [0.29, 0.717) is 0 Å². The maximum absolute atomic E-state index is 3.32. The number of hydrogen-bond donors (Lipinski definition) is 0. The summed E-state index contributed by atoms with van der Waals surface area (Å²) in [6.07, 6.45) is 13.2. The molecule has 0 saturated carbocycles. The predicted octanol–water partition coefficient (Wildman–Crippen LogP) is 3.81. The molecule has 0 aromatic heterocycles. The first-order valence-corrected chi connectivity index (χ1v) is 5.81. The number of unbranched alkanes of at least 4 members (excludes halogenated alkanes) is 7. The SMILES string of the molecule is CCCCCCCCCC=C[Si]. The van der Waals surface area contributed by atoms with Crippen LogP contribution < -0.4 is 0 Å². The summed E-state index contributed by atoms with van der Waals surface area (Å²) in [6, 6.07) is 0. The first-order valence-electron chi connectivity index (χ1n) is 5.24. The van der Waals surface area contributed by atoms with E-state index in [2.05, 4.69) is 23.2 Å². The third-order valence-corrected chi connectivity index (χ3v) is 2.33. The van der Waals surface area contributed by atoms with Crippen LogP contribution in [-0.2, 0) is 0 Å². The second kappa shape index (κ2) is 11.0. The molecule has 0 fully saturated rings. The van der Waals surface area contributed by atoms with Gasteiger partial charge in [0.25, 0.3) is 0 Å². The van der Waals surface area contributed by atoms with Crippen molar-refractivity contribution in [1.82, 2.24) is 0 Å². The molecule has 0 aliphatic rings. The lowest BCUT2D eigenvalue weighted by molar-refractivity contribution is 0.592. The summed E-state index contributed by atoms with van der Waals surface area (Å²) in [6.45, 7) is 2.26. The lowest BCUT2D eigenvalue weighted by atomic mass is 10.1. The van der Waals surface area contributed by atoms with Crippen molar-refractivity contribution < 1.29 is 0 Å². The molecule has 1 heteroatoms. The van der Waals surface area contributed by atoms with Crippen molar-refractivity contribution in [2.75, 3.05) is 0 Å². The minimum atomic E-state index is 1.23. The lowest BCUT2D eigenvalue weighted by Crippen LogP contribution is -1.78. The first-order chi connectivity index (χ1) is 5.91. The van der Waals surface area contributed by atoms with Crippen molar-refractivity contribution in [3.63, 3.8) is 0 Å². The summed E-state index contributed by atoms with van der Waals surface area (Å²) in [5.74, 6) is 0. The van der Waals surface area contributed by atoms with Crippen molar-refractivity contribution in [2.24, 2.45) is 0 Å². The molecule has 0 saturated heterocycles. The van der Waals surface area contributed by atoms with Crippen LogP contribution in [0.5, 0.6) is 0 Å². The molecular weight excluding hydrogens is 160 g/mol. The lowest BCUT2D eigenvalue weighted by Gasteiger charge is -1.98. The molecule has 0 atom stereocenters. The average molecular weight is 181 g/mol. The predicted molar refractivity (Wildman–Crippen MR) is 57.5 cm³/mol. The minimum Gasteiger partial charge on any atom is -0.106 e. The van der Waals surface area contributed by atoms with Gasteiger partial charge in [-0.2, -0.15) is 0 Å². The molecule has 0 rings (SSSR count). The molecule has 0 aromatic carbocycles. The largest absolute Gasteiger partial charge is 0.106 e. The van der Waals surface area contributed by atoms with Gasteiger partial charge in [-0.05, 0) is 12.8 Å². The van der Waals surface area contributed by atoms with E-state index in [4.69, 9.17) is 0 Å². The topological polar surface area (TPSA) is 0 Å². The van der Waals surface area contributed by atoms with Crippen LogP contribution in [0.3, 0.4) is 0 Å². The van der Waals surface area contributed by atoms with E-state index in [9.17, 15) is 0 Å². The number of hydrogen-bond acceptors (Lipinski definition) is 0. The zero-order valence-corrected chi connectivity index (χ0v) is 9.31. The summed E-state index contributed by atoms with van der Waals surface area (Å²) >= 11 is 0. The van der Waals surface area contributed by atoms with Gasteiger partial charge in [0.2, 0.25) is 0 Å². The Bertz CT molecular complexity index is 97.2. The second-order valence-electron chi connectivity index (χ2n) is 3.31. The molecular formula is C11H21Si. The van der Waals surface area contributed by atoms with Crippen LogP contribution >= 0.6 is 0 Å². The molecule has 0 aromatic rings. The Kier molecular flexibility index (Phi) is 10.9. The minimum absolute atomic E-state index is 1.23. The van der Waals surface area contributed by atoms with E-state index >= 15 is 0 Å². The fourth-order valence-corrected chi connectivity index (χ4v) is 1.47. The Labute approximate surface area is 80.9 Å². The Balaban J connectivity index is 2.81. The maximum Gasteiger partial charge on any atom is 0.0596 e. The van der Waals surface area contributed by atoms with Crippen LogP contribution in [0.2, 0.25) is 0 Å². The van der Waals surface area contributed by atoms with E-state index in [1.807, 2.05) is 5.70 Å². The highest BCUT2D eigenvalue weighted by atomic mass is 28.1. The Morgan fingerprint density at radius 3 is 2.08 bits per heavy atom. The van der Waals surface area contributed by atoms with E-state index in [1.54, 1.807) is 0 Å². The van der Waals surface area contributed by atoms with E-state index < -0.39 is 0 Å². The van der Waals surface area contributed by atoms with Crippen LogP contribution in [0, 0.1) is 0 Å². The number of rotatable bonds is 8. The first kappa shape index (κ1) is 12.0. The molecule has 69 valence electrons. The Hall–Kier alpha value is -0.0431. The summed E-state index contributed by atoms with van der Waals surface area (Å²) < 4.78 is 0. The monoisotopic (exact) mass is 181 g/mol. The van der Waals surface area contributed by atoms with Gasteiger partial charge in [-0.15, -0.1) is 5.70 Å². The van der Waals surface area contributed by atoms with Crippen LogP contribution in [0.25, 0.3) is 0 Å². The zero-order valence-electron chi connectivity index (χ0n) is 8.31. The van der Waals surface area contributed by atoms with Gasteiger partial charge in [0.15, 0.2) is 0 Å². The molecule has 3 radical (unpaired) electrons. The molecule has 0 aliphatic carbocycles. The highest BCUT2D eigenvalue weighted by molar-refractivity contribution is 6.16. The second-order valence-corrected chi connectivity index (χ2v) is 3.65. The van der Waals surface area contributed by atoms with E-state index in [-0.39, 0.29) is 0 Å². The van der Waals surface area contributed by atoms with Crippen LogP contribution in [-0.4, -0.2) is 10.2 Å². The molecule has 12 heavy (non-hydrogen) atoms.